The zero-order chi connectivity index (χ0) is 9.84. The van der Waals surface area contributed by atoms with Gasteiger partial charge in [0.05, 0.1) is 0 Å². The van der Waals surface area contributed by atoms with Crippen molar-refractivity contribution in [2.45, 2.75) is 12.8 Å². The molecule has 2 nitrogen and oxygen atoms in total. The van der Waals surface area contributed by atoms with E-state index in [0.29, 0.717) is 0 Å². The Kier molecular flexibility index (Phi) is 3.51. The van der Waals surface area contributed by atoms with Gasteiger partial charge in [0.1, 0.15) is 0 Å². The molecule has 0 aliphatic heterocycles. The highest BCUT2D eigenvalue weighted by atomic mass is 127. The summed E-state index contributed by atoms with van der Waals surface area (Å²) in [6.45, 7) is 1.77. The van der Waals surface area contributed by atoms with E-state index in [9.17, 15) is 4.79 Å². The molecule has 0 aromatic heterocycles. The predicted octanol–water partition coefficient (Wildman–Crippen LogP) is 2.67. The Balaban J connectivity index is 2.96. The standard InChI is InChI=1S/C10H9IO2/c1-7(10(13)6-12)8-2-4-9(11)5-3-8/h2-5,7,13H,1H3. The molecule has 68 valence electrons. The Bertz CT molecular complexity index is 336. The average Bonchev–Trinajstić information content (AvgIpc) is 2.17. The summed E-state index contributed by atoms with van der Waals surface area (Å²) in [5.41, 5.74) is 0.918. The van der Waals surface area contributed by atoms with E-state index >= 15 is 0 Å². The summed E-state index contributed by atoms with van der Waals surface area (Å²) < 4.78 is 1.13. The molecule has 1 N–H and O–H groups in total. The van der Waals surface area contributed by atoms with E-state index in [0.717, 1.165) is 9.13 Å². The summed E-state index contributed by atoms with van der Waals surface area (Å²) in [5, 5.41) is 9.14. The molecule has 0 aliphatic carbocycles. The van der Waals surface area contributed by atoms with Gasteiger partial charge in [-0.05, 0) is 40.3 Å². The van der Waals surface area contributed by atoms with Crippen LogP contribution in [0.5, 0.6) is 0 Å². The van der Waals surface area contributed by atoms with Crippen molar-refractivity contribution in [2.24, 2.45) is 0 Å². The lowest BCUT2D eigenvalue weighted by molar-refractivity contribution is 0.376. The van der Waals surface area contributed by atoms with Crippen molar-refractivity contribution in [2.75, 3.05) is 0 Å². The molecule has 0 fully saturated rings. The van der Waals surface area contributed by atoms with Gasteiger partial charge < -0.3 is 5.11 Å². The van der Waals surface area contributed by atoms with Crippen LogP contribution in [0, 0.1) is 3.57 Å². The predicted molar refractivity (Wildman–Crippen MR) is 59.4 cm³/mol. The molecule has 1 unspecified atom stereocenters. The summed E-state index contributed by atoms with van der Waals surface area (Å²) in [5.74, 6) is 0.980. The Labute approximate surface area is 90.4 Å². The Morgan fingerprint density at radius 2 is 2.00 bits per heavy atom. The zero-order valence-corrected chi connectivity index (χ0v) is 9.28. The third kappa shape index (κ3) is 2.57. The molecule has 1 atom stereocenters. The fourth-order valence-corrected chi connectivity index (χ4v) is 1.36. The van der Waals surface area contributed by atoms with E-state index in [2.05, 4.69) is 22.6 Å². The number of rotatable bonds is 2. The topological polar surface area (TPSA) is 37.3 Å². The molecule has 0 amide bonds. The van der Waals surface area contributed by atoms with Gasteiger partial charge in [-0.3, -0.25) is 0 Å². The first-order valence-corrected chi connectivity index (χ1v) is 4.92. The number of allylic oxidation sites excluding steroid dienone is 1. The van der Waals surface area contributed by atoms with Crippen molar-refractivity contribution < 1.29 is 9.90 Å². The van der Waals surface area contributed by atoms with Crippen molar-refractivity contribution in [1.82, 2.24) is 0 Å². The Hall–Kier alpha value is -0.800. The zero-order valence-electron chi connectivity index (χ0n) is 7.12. The van der Waals surface area contributed by atoms with E-state index in [-0.39, 0.29) is 11.7 Å². The van der Waals surface area contributed by atoms with Crippen molar-refractivity contribution in [3.05, 3.63) is 39.2 Å². The third-order valence-electron chi connectivity index (χ3n) is 1.88. The summed E-state index contributed by atoms with van der Waals surface area (Å²) in [7, 11) is 0. The van der Waals surface area contributed by atoms with E-state index in [1.165, 1.54) is 5.94 Å². The van der Waals surface area contributed by atoms with Gasteiger partial charge in [-0.15, -0.1) is 0 Å². The quantitative estimate of drug-likeness (QED) is 0.516. The first-order chi connectivity index (χ1) is 6.15. The maximum atomic E-state index is 10.2. The van der Waals surface area contributed by atoms with Crippen LogP contribution in [-0.2, 0) is 4.79 Å². The van der Waals surface area contributed by atoms with E-state index in [1.807, 2.05) is 24.3 Å². The van der Waals surface area contributed by atoms with Gasteiger partial charge in [0.15, 0.2) is 11.7 Å². The summed E-state index contributed by atoms with van der Waals surface area (Å²) in [6.07, 6.45) is 0. The van der Waals surface area contributed by atoms with Gasteiger partial charge in [0.2, 0.25) is 0 Å². The van der Waals surface area contributed by atoms with Gasteiger partial charge in [-0.2, -0.15) is 0 Å². The van der Waals surface area contributed by atoms with Crippen LogP contribution >= 0.6 is 22.6 Å². The van der Waals surface area contributed by atoms with Crippen molar-refractivity contribution in [3.63, 3.8) is 0 Å². The monoisotopic (exact) mass is 288 g/mol. The van der Waals surface area contributed by atoms with Crippen LogP contribution in [0.1, 0.15) is 18.4 Å². The minimum atomic E-state index is -0.269. The molecule has 0 saturated carbocycles. The molecule has 13 heavy (non-hydrogen) atoms. The van der Waals surface area contributed by atoms with Crippen LogP contribution in [0.4, 0.5) is 0 Å². The summed E-state index contributed by atoms with van der Waals surface area (Å²) in [4.78, 5) is 10.2. The fraction of sp³-hybridized carbons (Fsp3) is 0.200. The smallest absolute Gasteiger partial charge is 0.184 e. The minimum Gasteiger partial charge on any atom is -0.501 e. The minimum absolute atomic E-state index is 0.249. The fourth-order valence-electron chi connectivity index (χ4n) is 0.998. The molecular formula is C10H9IO2. The summed E-state index contributed by atoms with van der Waals surface area (Å²) >= 11 is 2.20. The molecule has 1 aromatic carbocycles. The average molecular weight is 288 g/mol. The maximum Gasteiger partial charge on any atom is 0.184 e. The Morgan fingerprint density at radius 1 is 1.46 bits per heavy atom. The van der Waals surface area contributed by atoms with Crippen molar-refractivity contribution in [3.8, 4) is 0 Å². The molecule has 0 bridgehead atoms. The second-order valence-corrected chi connectivity index (χ2v) is 4.01. The lowest BCUT2D eigenvalue weighted by Crippen LogP contribution is -1.97. The first kappa shape index (κ1) is 10.3. The van der Waals surface area contributed by atoms with Crippen LogP contribution in [0.15, 0.2) is 30.0 Å². The molecule has 1 aromatic rings. The van der Waals surface area contributed by atoms with Crippen LogP contribution in [0.3, 0.4) is 0 Å². The third-order valence-corrected chi connectivity index (χ3v) is 2.60. The van der Waals surface area contributed by atoms with Crippen LogP contribution in [0.2, 0.25) is 0 Å². The van der Waals surface area contributed by atoms with Gasteiger partial charge in [0, 0.05) is 9.49 Å². The van der Waals surface area contributed by atoms with E-state index in [1.54, 1.807) is 6.92 Å². The van der Waals surface area contributed by atoms with Crippen molar-refractivity contribution >= 4 is 28.5 Å². The lowest BCUT2D eigenvalue weighted by atomic mass is 10.0. The van der Waals surface area contributed by atoms with Crippen molar-refractivity contribution in [1.29, 1.82) is 0 Å². The molecule has 0 aliphatic rings. The number of halogens is 1. The largest absolute Gasteiger partial charge is 0.501 e. The number of benzene rings is 1. The molecule has 0 spiro atoms. The molecule has 0 radical (unpaired) electrons. The number of aliphatic hydroxyl groups excluding tert-OH is 1. The summed E-state index contributed by atoms with van der Waals surface area (Å²) in [6, 6.07) is 7.65. The first-order valence-electron chi connectivity index (χ1n) is 3.84. The van der Waals surface area contributed by atoms with Gasteiger partial charge >= 0.3 is 0 Å². The van der Waals surface area contributed by atoms with Crippen LogP contribution < -0.4 is 0 Å². The number of carbonyl (C=O) groups excluding carboxylic acids is 1. The van der Waals surface area contributed by atoms with E-state index < -0.39 is 0 Å². The highest BCUT2D eigenvalue weighted by Crippen LogP contribution is 2.20. The Morgan fingerprint density at radius 3 is 2.46 bits per heavy atom. The number of aliphatic hydroxyl groups is 1. The van der Waals surface area contributed by atoms with E-state index in [4.69, 9.17) is 5.11 Å². The number of hydrogen-bond donors (Lipinski definition) is 1. The molecule has 0 heterocycles. The highest BCUT2D eigenvalue weighted by Gasteiger charge is 2.10. The second kappa shape index (κ2) is 4.44. The normalized spacial score (nSPS) is 11.8. The molecule has 0 saturated heterocycles. The molecular weight excluding hydrogens is 279 g/mol. The molecule has 1 rings (SSSR count). The lowest BCUT2D eigenvalue weighted by Gasteiger charge is -2.07. The molecule has 3 heteroatoms. The van der Waals surface area contributed by atoms with Gasteiger partial charge in [-0.1, -0.05) is 19.1 Å². The number of hydrogen-bond acceptors (Lipinski definition) is 2. The SMILES string of the molecule is CC(C(O)=C=O)c1ccc(I)cc1. The van der Waals surface area contributed by atoms with Gasteiger partial charge in [-0.25, -0.2) is 4.79 Å². The highest BCUT2D eigenvalue weighted by molar-refractivity contribution is 14.1. The van der Waals surface area contributed by atoms with Crippen LogP contribution in [0.25, 0.3) is 0 Å². The maximum absolute atomic E-state index is 10.2. The van der Waals surface area contributed by atoms with Gasteiger partial charge in [0.25, 0.3) is 0 Å². The van der Waals surface area contributed by atoms with Crippen LogP contribution in [-0.4, -0.2) is 11.0 Å². The second-order valence-electron chi connectivity index (χ2n) is 2.76.